The van der Waals surface area contributed by atoms with E-state index >= 15 is 0 Å². The van der Waals surface area contributed by atoms with E-state index in [1.165, 1.54) is 13.8 Å². The Morgan fingerprint density at radius 3 is 2.34 bits per heavy atom. The molecule has 2 aromatic rings. The van der Waals surface area contributed by atoms with Gasteiger partial charge in [0.1, 0.15) is 23.9 Å². The Morgan fingerprint density at radius 1 is 1.02 bits per heavy atom. The van der Waals surface area contributed by atoms with Crippen molar-refractivity contribution in [1.82, 2.24) is 20.4 Å². The standard InChI is InChI=1S/C45H74N4O10/c1-12-36-45(9,56)39(52)31(7)49(22-16-21-46-43(54)47-30(6)33-20-15-18-32-17-13-14-19-34(32)33)25-26(2)24-44(8,55)40(28(4)37(50)29(5)41(53)58-36)59-42-38(51)35(48(10)11)23-27(3)57-42/h13-15,17-20,26-31,35-40,42,50-52,55-56H,12,16,21-25H2,1-11H3,(H2,46,47,54)/t26-,27-,28+,29-,30?,31-,35+,36-,37+,38-,39-,40-,42+,44-,45-/m1/s1. The molecule has 1 unspecified atom stereocenters. The van der Waals surface area contributed by atoms with Crippen LogP contribution in [0.25, 0.3) is 10.8 Å². The van der Waals surface area contributed by atoms with Gasteiger partial charge in [-0.3, -0.25) is 9.69 Å². The van der Waals surface area contributed by atoms with Gasteiger partial charge in [0.15, 0.2) is 6.29 Å². The quantitative estimate of drug-likeness (QED) is 0.135. The van der Waals surface area contributed by atoms with Crippen molar-refractivity contribution in [2.45, 2.75) is 160 Å². The van der Waals surface area contributed by atoms with Gasteiger partial charge in [-0.05, 0) is 104 Å². The summed E-state index contributed by atoms with van der Waals surface area (Å²) in [6.07, 6.45) is -5.95. The van der Waals surface area contributed by atoms with E-state index in [4.69, 9.17) is 14.2 Å². The van der Waals surface area contributed by atoms with Crippen LogP contribution in [0.1, 0.15) is 99.6 Å². The Balaban J connectivity index is 1.57. The lowest BCUT2D eigenvalue weighted by atomic mass is 9.78. The topological polar surface area (TPSA) is 194 Å². The summed E-state index contributed by atoms with van der Waals surface area (Å²) in [5, 5.41) is 67.3. The average Bonchev–Trinajstić information content (AvgIpc) is 3.18. The molecule has 2 amide bonds. The minimum Gasteiger partial charge on any atom is -0.459 e. The molecule has 0 aromatic heterocycles. The molecule has 2 aliphatic heterocycles. The molecule has 2 heterocycles. The molecule has 2 aliphatic rings. The van der Waals surface area contributed by atoms with Crippen LogP contribution in [0.2, 0.25) is 0 Å². The van der Waals surface area contributed by atoms with Gasteiger partial charge in [-0.1, -0.05) is 63.2 Å². The van der Waals surface area contributed by atoms with Crippen molar-refractivity contribution in [2.24, 2.45) is 17.8 Å². The molecule has 0 aliphatic carbocycles. The average molecular weight is 831 g/mol. The van der Waals surface area contributed by atoms with E-state index in [0.717, 1.165) is 16.3 Å². The largest absolute Gasteiger partial charge is 0.459 e. The number of hydrogen-bond acceptors (Lipinski definition) is 12. The van der Waals surface area contributed by atoms with E-state index < -0.39 is 71.9 Å². The highest BCUT2D eigenvalue weighted by Crippen LogP contribution is 2.37. The molecule has 14 nitrogen and oxygen atoms in total. The molecule has 0 bridgehead atoms. The number of nitrogens with zero attached hydrogens (tertiary/aromatic N) is 2. The second kappa shape index (κ2) is 20.8. The zero-order valence-corrected chi connectivity index (χ0v) is 37.2. The molecule has 2 aromatic carbocycles. The zero-order valence-electron chi connectivity index (χ0n) is 37.2. The number of ether oxygens (including phenoxy) is 3. The molecule has 2 saturated heterocycles. The maximum atomic E-state index is 13.7. The summed E-state index contributed by atoms with van der Waals surface area (Å²) in [4.78, 5) is 30.7. The third-order valence-corrected chi connectivity index (χ3v) is 12.8. The first-order valence-electron chi connectivity index (χ1n) is 21.5. The summed E-state index contributed by atoms with van der Waals surface area (Å²) in [6, 6.07) is 12.6. The van der Waals surface area contributed by atoms with Crippen LogP contribution in [0.15, 0.2) is 42.5 Å². The van der Waals surface area contributed by atoms with Gasteiger partial charge in [-0.25, -0.2) is 4.79 Å². The minimum atomic E-state index is -1.87. The van der Waals surface area contributed by atoms with Crippen molar-refractivity contribution in [3.8, 4) is 0 Å². The zero-order chi connectivity index (χ0) is 44.0. The number of nitrogens with one attached hydrogen (secondary N) is 2. The highest BCUT2D eigenvalue weighted by Gasteiger charge is 2.50. The fraction of sp³-hybridized carbons (Fsp3) is 0.733. The first-order chi connectivity index (χ1) is 27.6. The van der Waals surface area contributed by atoms with Gasteiger partial charge >= 0.3 is 12.0 Å². The third-order valence-electron chi connectivity index (χ3n) is 12.8. The van der Waals surface area contributed by atoms with Crippen LogP contribution in [0.3, 0.4) is 0 Å². The number of benzene rings is 2. The van der Waals surface area contributed by atoms with E-state index in [9.17, 15) is 35.1 Å². The molecule has 334 valence electrons. The summed E-state index contributed by atoms with van der Waals surface area (Å²) in [5.74, 6) is -2.96. The van der Waals surface area contributed by atoms with Crippen molar-refractivity contribution in [1.29, 1.82) is 0 Å². The molecule has 2 fully saturated rings. The van der Waals surface area contributed by atoms with Crippen LogP contribution in [-0.4, -0.2) is 147 Å². The minimum absolute atomic E-state index is 0.170. The van der Waals surface area contributed by atoms with Crippen molar-refractivity contribution in [3.63, 3.8) is 0 Å². The number of aliphatic hydroxyl groups is 5. The van der Waals surface area contributed by atoms with Crippen molar-refractivity contribution in [2.75, 3.05) is 33.7 Å². The number of cyclic esters (lactones) is 1. The molecule has 7 N–H and O–H groups in total. The van der Waals surface area contributed by atoms with Crippen LogP contribution in [0, 0.1) is 17.8 Å². The lowest BCUT2D eigenvalue weighted by Crippen LogP contribution is -2.59. The molecular formula is C45H74N4O10. The van der Waals surface area contributed by atoms with Gasteiger partial charge in [0.25, 0.3) is 0 Å². The number of aliphatic hydroxyl groups excluding tert-OH is 3. The number of likely N-dealkylation sites (N-methyl/N-ethyl adjacent to an activating group) is 1. The second-order valence-corrected chi connectivity index (χ2v) is 18.2. The van der Waals surface area contributed by atoms with Crippen LogP contribution in [0.4, 0.5) is 4.79 Å². The Labute approximate surface area is 351 Å². The van der Waals surface area contributed by atoms with E-state index in [0.29, 0.717) is 32.5 Å². The maximum absolute atomic E-state index is 13.7. The predicted molar refractivity (Wildman–Crippen MR) is 227 cm³/mol. The van der Waals surface area contributed by atoms with E-state index in [1.54, 1.807) is 27.7 Å². The molecule has 59 heavy (non-hydrogen) atoms. The number of fused-ring (bicyclic) bond motifs is 1. The van der Waals surface area contributed by atoms with Gasteiger partial charge in [-0.2, -0.15) is 0 Å². The molecule has 15 atom stereocenters. The lowest BCUT2D eigenvalue weighted by molar-refractivity contribution is -0.299. The molecule has 0 radical (unpaired) electrons. The van der Waals surface area contributed by atoms with Crippen molar-refractivity contribution in [3.05, 3.63) is 48.0 Å². The summed E-state index contributed by atoms with van der Waals surface area (Å²) in [5.41, 5.74) is -2.47. The number of hydrogen-bond donors (Lipinski definition) is 7. The number of amides is 2. The molecule has 0 saturated carbocycles. The summed E-state index contributed by atoms with van der Waals surface area (Å²) in [6.45, 7) is 16.7. The predicted octanol–water partition coefficient (Wildman–Crippen LogP) is 3.95. The number of urea groups is 1. The first-order valence-corrected chi connectivity index (χ1v) is 21.5. The highest BCUT2D eigenvalue weighted by molar-refractivity contribution is 5.86. The van der Waals surface area contributed by atoms with Crippen LogP contribution < -0.4 is 10.6 Å². The molecule has 14 heteroatoms. The van der Waals surface area contributed by atoms with E-state index in [2.05, 4.69) is 10.6 Å². The second-order valence-electron chi connectivity index (χ2n) is 18.2. The first kappa shape index (κ1) is 48.7. The number of carbonyl (C=O) groups is 2. The van der Waals surface area contributed by atoms with Gasteiger partial charge in [0.2, 0.25) is 0 Å². The molecule has 0 spiro atoms. The van der Waals surface area contributed by atoms with E-state index in [-0.39, 0.29) is 43.0 Å². The lowest BCUT2D eigenvalue weighted by Gasteiger charge is -2.46. The maximum Gasteiger partial charge on any atom is 0.315 e. The van der Waals surface area contributed by atoms with Crippen molar-refractivity contribution < 1.29 is 49.3 Å². The number of rotatable bonds is 10. The van der Waals surface area contributed by atoms with Gasteiger partial charge in [0, 0.05) is 37.6 Å². The number of carbonyl (C=O) groups excluding carboxylic acids is 2. The fourth-order valence-electron chi connectivity index (χ4n) is 9.34. The Kier molecular flexibility index (Phi) is 17.2. The Morgan fingerprint density at radius 2 is 1.68 bits per heavy atom. The van der Waals surface area contributed by atoms with E-state index in [1.807, 2.05) is 87.1 Å². The van der Waals surface area contributed by atoms with Crippen LogP contribution >= 0.6 is 0 Å². The number of esters is 1. The normalized spacial score (nSPS) is 37.6. The van der Waals surface area contributed by atoms with Crippen LogP contribution in [0.5, 0.6) is 0 Å². The molecule has 4 rings (SSSR count). The third kappa shape index (κ3) is 11.9. The fourth-order valence-corrected chi connectivity index (χ4v) is 9.34. The van der Waals surface area contributed by atoms with Crippen molar-refractivity contribution >= 4 is 22.8 Å². The van der Waals surface area contributed by atoms with Gasteiger partial charge < -0.3 is 55.3 Å². The monoisotopic (exact) mass is 831 g/mol. The smallest absolute Gasteiger partial charge is 0.315 e. The van der Waals surface area contributed by atoms with Crippen LogP contribution in [-0.2, 0) is 19.0 Å². The van der Waals surface area contributed by atoms with Gasteiger partial charge in [-0.15, -0.1) is 0 Å². The summed E-state index contributed by atoms with van der Waals surface area (Å²) in [7, 11) is 3.74. The SMILES string of the molecule is CC[C@H]1OC(=O)[C@H](C)[C@@H](O)[C@H](C)[C@@H](O[C@@H]2O[C@H](C)C[C@H](N(C)C)[C@H]2O)[C@](C)(O)C[C@@H](C)CN(CCCNC(=O)NC(C)c2cccc3ccccc23)[C@H](C)[C@@H](O)[C@]1(C)O. The van der Waals surface area contributed by atoms with Gasteiger partial charge in [0.05, 0.1) is 35.9 Å². The summed E-state index contributed by atoms with van der Waals surface area (Å²) < 4.78 is 18.5. The molecular weight excluding hydrogens is 757 g/mol. The summed E-state index contributed by atoms with van der Waals surface area (Å²) >= 11 is 0. The Bertz CT molecular complexity index is 1650. The Hall–Kier alpha value is -2.92. The highest BCUT2D eigenvalue weighted by atomic mass is 16.7.